The zero-order chi connectivity index (χ0) is 26.5. The van der Waals surface area contributed by atoms with Gasteiger partial charge in [0.1, 0.15) is 17.4 Å². The van der Waals surface area contributed by atoms with Crippen molar-refractivity contribution in [1.82, 2.24) is 4.98 Å². The van der Waals surface area contributed by atoms with Gasteiger partial charge in [-0.1, -0.05) is 35.9 Å². The second kappa shape index (κ2) is 11.3. The van der Waals surface area contributed by atoms with E-state index in [1.54, 1.807) is 30.3 Å². The molecule has 0 amide bonds. The number of halogens is 1. The third-order valence-electron chi connectivity index (χ3n) is 6.62. The molecule has 0 bridgehead atoms. The lowest BCUT2D eigenvalue weighted by Gasteiger charge is -2.18. The van der Waals surface area contributed by atoms with Crippen LogP contribution in [0.5, 0.6) is 5.75 Å². The zero-order valence-electron chi connectivity index (χ0n) is 22.1. The van der Waals surface area contributed by atoms with E-state index in [4.69, 9.17) is 0 Å². The van der Waals surface area contributed by atoms with Gasteiger partial charge in [0, 0.05) is 24.8 Å². The van der Waals surface area contributed by atoms with Crippen LogP contribution >= 0.6 is 0 Å². The van der Waals surface area contributed by atoms with Crippen LogP contribution in [0.15, 0.2) is 78.5 Å². The Morgan fingerprint density at radius 2 is 1.70 bits per heavy atom. The predicted molar refractivity (Wildman–Crippen MR) is 153 cm³/mol. The fourth-order valence-electron chi connectivity index (χ4n) is 4.52. The number of nitrogens with one attached hydrogen (secondary N) is 2. The first kappa shape index (κ1) is 26.0. The van der Waals surface area contributed by atoms with Gasteiger partial charge in [0.2, 0.25) is 0 Å². The molecule has 190 valence electrons. The smallest absolute Gasteiger partial charge is 0.146 e. The van der Waals surface area contributed by atoms with Gasteiger partial charge in [-0.25, -0.2) is 9.37 Å². The van der Waals surface area contributed by atoms with Gasteiger partial charge < -0.3 is 15.7 Å². The molecular formula is C32H34FN3O. The van der Waals surface area contributed by atoms with E-state index in [9.17, 15) is 5.11 Å². The SMILES string of the molecule is CC(C)=CCNc1ccc(-c2cc(C)c(-c3ccc(NCc4cccc(O)c4)c(F)c3)c(C)c2C)cn1. The van der Waals surface area contributed by atoms with E-state index >= 15 is 4.39 Å². The van der Waals surface area contributed by atoms with Crippen molar-refractivity contribution in [3.8, 4) is 28.0 Å². The number of nitrogens with zero attached hydrogens (tertiary/aromatic N) is 1. The van der Waals surface area contributed by atoms with Gasteiger partial charge in [-0.05, 0) is 110 Å². The molecule has 0 unspecified atom stereocenters. The lowest BCUT2D eigenvalue weighted by molar-refractivity contribution is 0.474. The lowest BCUT2D eigenvalue weighted by atomic mass is 9.87. The van der Waals surface area contributed by atoms with Crippen molar-refractivity contribution >= 4 is 11.5 Å². The Kier molecular flexibility index (Phi) is 7.92. The zero-order valence-corrected chi connectivity index (χ0v) is 22.1. The van der Waals surface area contributed by atoms with Gasteiger partial charge in [-0.2, -0.15) is 0 Å². The highest BCUT2D eigenvalue weighted by molar-refractivity contribution is 5.80. The molecule has 1 heterocycles. The van der Waals surface area contributed by atoms with E-state index in [0.717, 1.165) is 56.9 Å². The second-order valence-corrected chi connectivity index (χ2v) is 9.68. The van der Waals surface area contributed by atoms with Crippen molar-refractivity contribution in [3.63, 3.8) is 0 Å². The molecule has 0 atom stereocenters. The van der Waals surface area contributed by atoms with Crippen molar-refractivity contribution < 1.29 is 9.50 Å². The summed E-state index contributed by atoms with van der Waals surface area (Å²) < 4.78 is 15.1. The molecule has 0 aliphatic carbocycles. The minimum Gasteiger partial charge on any atom is -0.508 e. The van der Waals surface area contributed by atoms with E-state index in [-0.39, 0.29) is 11.6 Å². The highest BCUT2D eigenvalue weighted by Gasteiger charge is 2.15. The number of rotatable bonds is 8. The minimum absolute atomic E-state index is 0.197. The molecule has 4 aromatic rings. The Labute approximate surface area is 218 Å². The molecule has 0 aliphatic heterocycles. The fourth-order valence-corrected chi connectivity index (χ4v) is 4.52. The number of phenols is 1. The molecule has 1 aromatic heterocycles. The normalized spacial score (nSPS) is 10.8. The fraction of sp³-hybridized carbons (Fsp3) is 0.219. The minimum atomic E-state index is -0.307. The van der Waals surface area contributed by atoms with Crippen LogP contribution in [0.4, 0.5) is 15.9 Å². The Balaban J connectivity index is 1.56. The monoisotopic (exact) mass is 495 g/mol. The van der Waals surface area contributed by atoms with E-state index in [1.807, 2.05) is 24.4 Å². The van der Waals surface area contributed by atoms with Gasteiger partial charge in [-0.3, -0.25) is 0 Å². The Morgan fingerprint density at radius 3 is 2.38 bits per heavy atom. The number of anilines is 2. The quantitative estimate of drug-likeness (QED) is 0.216. The first-order chi connectivity index (χ1) is 17.7. The molecule has 5 heteroatoms. The number of aryl methyl sites for hydroxylation is 1. The molecule has 0 saturated carbocycles. The summed E-state index contributed by atoms with van der Waals surface area (Å²) in [6.45, 7) is 11.6. The van der Waals surface area contributed by atoms with Crippen LogP contribution in [0.2, 0.25) is 0 Å². The van der Waals surface area contributed by atoms with Gasteiger partial charge in [0.15, 0.2) is 0 Å². The Hall–Kier alpha value is -4.12. The van der Waals surface area contributed by atoms with Crippen LogP contribution in [0, 0.1) is 26.6 Å². The molecule has 0 radical (unpaired) electrons. The number of pyridine rings is 1. The maximum absolute atomic E-state index is 15.1. The van der Waals surface area contributed by atoms with Crippen LogP contribution < -0.4 is 10.6 Å². The molecule has 3 N–H and O–H groups in total. The molecule has 0 fully saturated rings. The maximum Gasteiger partial charge on any atom is 0.146 e. The number of allylic oxidation sites excluding steroid dienone is 1. The van der Waals surface area contributed by atoms with Crippen LogP contribution in [-0.4, -0.2) is 16.6 Å². The van der Waals surface area contributed by atoms with Crippen molar-refractivity contribution in [1.29, 1.82) is 0 Å². The van der Waals surface area contributed by atoms with Crippen molar-refractivity contribution in [2.45, 2.75) is 41.2 Å². The van der Waals surface area contributed by atoms with Gasteiger partial charge in [0.05, 0.1) is 5.69 Å². The summed E-state index contributed by atoms with van der Waals surface area (Å²) in [7, 11) is 0. The van der Waals surface area contributed by atoms with Crippen molar-refractivity contribution in [2.24, 2.45) is 0 Å². The summed E-state index contributed by atoms with van der Waals surface area (Å²) in [5.74, 6) is 0.735. The Morgan fingerprint density at radius 1 is 0.919 bits per heavy atom. The third kappa shape index (κ3) is 6.18. The lowest BCUT2D eigenvalue weighted by Crippen LogP contribution is -2.02. The number of phenolic OH excluding ortho intramolecular Hbond substituents is 1. The van der Waals surface area contributed by atoms with Crippen molar-refractivity contribution in [2.75, 3.05) is 17.2 Å². The van der Waals surface area contributed by atoms with Crippen LogP contribution in [0.3, 0.4) is 0 Å². The van der Waals surface area contributed by atoms with Gasteiger partial charge >= 0.3 is 0 Å². The summed E-state index contributed by atoms with van der Waals surface area (Å²) in [4.78, 5) is 4.59. The number of aromatic hydroxyl groups is 1. The van der Waals surface area contributed by atoms with Gasteiger partial charge in [-0.15, -0.1) is 0 Å². The summed E-state index contributed by atoms with van der Waals surface area (Å²) in [5, 5.41) is 16.1. The van der Waals surface area contributed by atoms with Crippen LogP contribution in [0.1, 0.15) is 36.1 Å². The number of benzene rings is 3. The van der Waals surface area contributed by atoms with E-state index < -0.39 is 0 Å². The molecule has 37 heavy (non-hydrogen) atoms. The summed E-state index contributed by atoms with van der Waals surface area (Å²) >= 11 is 0. The second-order valence-electron chi connectivity index (χ2n) is 9.68. The molecule has 0 aliphatic rings. The molecule has 0 spiro atoms. The average molecular weight is 496 g/mol. The highest BCUT2D eigenvalue weighted by Crippen LogP contribution is 2.36. The standard InChI is InChI=1S/C32H34FN3O/c1-20(2)13-14-34-31-12-10-26(19-36-31)28-15-21(3)32(23(5)22(28)4)25-9-11-30(29(33)17-25)35-18-24-7-6-8-27(37)16-24/h6-13,15-17,19,35,37H,14,18H2,1-5H3,(H,34,36). The first-order valence-electron chi connectivity index (χ1n) is 12.5. The maximum atomic E-state index is 15.1. The predicted octanol–water partition coefficient (Wildman–Crippen LogP) is 8.18. The summed E-state index contributed by atoms with van der Waals surface area (Å²) in [5.41, 5.74) is 10.0. The molecule has 3 aromatic carbocycles. The molecule has 4 rings (SSSR count). The van der Waals surface area contributed by atoms with E-state index in [0.29, 0.717) is 12.2 Å². The largest absolute Gasteiger partial charge is 0.508 e. The molecule has 4 nitrogen and oxygen atoms in total. The number of aromatic nitrogens is 1. The van der Waals surface area contributed by atoms with Crippen molar-refractivity contribution in [3.05, 3.63) is 107 Å². The average Bonchev–Trinajstić information content (AvgIpc) is 2.86. The number of hydrogen-bond acceptors (Lipinski definition) is 4. The number of hydrogen-bond donors (Lipinski definition) is 3. The summed E-state index contributed by atoms with van der Waals surface area (Å²) in [6, 6.07) is 18.5. The van der Waals surface area contributed by atoms with Gasteiger partial charge in [0.25, 0.3) is 0 Å². The van der Waals surface area contributed by atoms with E-state index in [1.165, 1.54) is 5.57 Å². The van der Waals surface area contributed by atoms with Crippen LogP contribution in [0.25, 0.3) is 22.3 Å². The molecule has 0 saturated heterocycles. The third-order valence-corrected chi connectivity index (χ3v) is 6.62. The topological polar surface area (TPSA) is 57.2 Å². The summed E-state index contributed by atoms with van der Waals surface area (Å²) in [6.07, 6.45) is 4.03. The highest BCUT2D eigenvalue weighted by atomic mass is 19.1. The van der Waals surface area contributed by atoms with E-state index in [2.05, 4.69) is 68.4 Å². The molecular weight excluding hydrogens is 461 g/mol. The first-order valence-corrected chi connectivity index (χ1v) is 12.5. The van der Waals surface area contributed by atoms with Crippen LogP contribution in [-0.2, 0) is 6.54 Å². The Bertz CT molecular complexity index is 1440.